The van der Waals surface area contributed by atoms with Gasteiger partial charge in [-0.1, -0.05) is 0 Å². The van der Waals surface area contributed by atoms with Gasteiger partial charge >= 0.3 is 5.97 Å². The van der Waals surface area contributed by atoms with Gasteiger partial charge in [-0.25, -0.2) is 0 Å². The van der Waals surface area contributed by atoms with Crippen molar-refractivity contribution in [2.75, 3.05) is 13.1 Å². The van der Waals surface area contributed by atoms with E-state index in [1.54, 1.807) is 0 Å². The van der Waals surface area contributed by atoms with E-state index >= 15 is 0 Å². The molecule has 0 unspecified atom stereocenters. The number of hydrogen-bond acceptors (Lipinski definition) is 4. The minimum Gasteiger partial charge on any atom is -0.480 e. The van der Waals surface area contributed by atoms with Gasteiger partial charge in [0.25, 0.3) is 0 Å². The van der Waals surface area contributed by atoms with Gasteiger partial charge < -0.3 is 16.2 Å². The van der Waals surface area contributed by atoms with Crippen LogP contribution < -0.4 is 11.1 Å². The van der Waals surface area contributed by atoms with Gasteiger partial charge in [0.1, 0.15) is 11.8 Å². The highest BCUT2D eigenvalue weighted by Crippen LogP contribution is 2.18. The Morgan fingerprint density at radius 2 is 2.21 bits per heavy atom. The molecule has 0 aromatic carbocycles. The molecule has 1 aliphatic rings. The van der Waals surface area contributed by atoms with Crippen LogP contribution in [0.1, 0.15) is 19.3 Å². The second-order valence-corrected chi connectivity index (χ2v) is 3.68. The third-order valence-corrected chi connectivity index (χ3v) is 2.46. The van der Waals surface area contributed by atoms with Gasteiger partial charge in [-0.2, -0.15) is 0 Å². The molecule has 14 heavy (non-hydrogen) atoms. The number of aliphatic carboxylic acids is 1. The van der Waals surface area contributed by atoms with E-state index in [4.69, 9.17) is 10.8 Å². The summed E-state index contributed by atoms with van der Waals surface area (Å²) in [5, 5.41) is 11.6. The molecule has 0 bridgehead atoms. The second-order valence-electron chi connectivity index (χ2n) is 3.68. The van der Waals surface area contributed by atoms with Crippen molar-refractivity contribution >= 4 is 11.8 Å². The number of carbonyl (C=O) groups excluding carboxylic acids is 1. The Balaban J connectivity index is 2.28. The number of hydrogen-bond donors (Lipinski definition) is 3. The maximum atomic E-state index is 11.2. The molecule has 1 saturated heterocycles. The van der Waals surface area contributed by atoms with Crippen molar-refractivity contribution in [1.29, 1.82) is 0 Å². The van der Waals surface area contributed by atoms with Crippen LogP contribution in [0.2, 0.25) is 0 Å². The molecular formula is C9H16N2O3. The van der Waals surface area contributed by atoms with Crippen molar-refractivity contribution in [3.05, 3.63) is 0 Å². The van der Waals surface area contributed by atoms with E-state index < -0.39 is 12.0 Å². The minimum atomic E-state index is -0.834. The molecule has 0 aromatic rings. The Bertz CT molecular complexity index is 230. The SMILES string of the molecule is NCCC(=O)C[C@H]1CN[C@H](C(=O)O)C1. The predicted octanol–water partition coefficient (Wildman–Crippen LogP) is -0.643. The van der Waals surface area contributed by atoms with Gasteiger partial charge in [-0.15, -0.1) is 0 Å². The molecule has 80 valence electrons. The van der Waals surface area contributed by atoms with Gasteiger partial charge in [-0.3, -0.25) is 9.59 Å². The van der Waals surface area contributed by atoms with E-state index in [1.165, 1.54) is 0 Å². The Morgan fingerprint density at radius 1 is 1.50 bits per heavy atom. The molecule has 2 atom stereocenters. The fourth-order valence-corrected chi connectivity index (χ4v) is 1.74. The molecular weight excluding hydrogens is 184 g/mol. The minimum absolute atomic E-state index is 0.130. The Morgan fingerprint density at radius 3 is 2.71 bits per heavy atom. The number of Topliss-reactive ketones (excluding diaryl/α,β-unsaturated/α-hetero) is 1. The van der Waals surface area contributed by atoms with Crippen molar-refractivity contribution < 1.29 is 14.7 Å². The zero-order valence-corrected chi connectivity index (χ0v) is 8.03. The number of carboxylic acid groups (broad SMARTS) is 1. The first-order chi connectivity index (χ1) is 6.63. The van der Waals surface area contributed by atoms with Crippen molar-refractivity contribution in [1.82, 2.24) is 5.32 Å². The lowest BCUT2D eigenvalue weighted by molar-refractivity contribution is -0.139. The molecule has 5 heteroatoms. The summed E-state index contributed by atoms with van der Waals surface area (Å²) in [4.78, 5) is 21.8. The molecule has 4 N–H and O–H groups in total. The van der Waals surface area contributed by atoms with Gasteiger partial charge in [0.05, 0.1) is 0 Å². The lowest BCUT2D eigenvalue weighted by Crippen LogP contribution is -2.29. The standard InChI is InChI=1S/C9H16N2O3/c10-2-1-7(12)3-6-4-8(9(13)14)11-5-6/h6,8,11H,1-5,10H2,(H,13,14)/t6-,8+/m1/s1. The van der Waals surface area contributed by atoms with Crippen LogP contribution in [0, 0.1) is 5.92 Å². The topological polar surface area (TPSA) is 92.4 Å². The van der Waals surface area contributed by atoms with Crippen molar-refractivity contribution in [2.45, 2.75) is 25.3 Å². The van der Waals surface area contributed by atoms with Gasteiger partial charge in [0.2, 0.25) is 0 Å². The summed E-state index contributed by atoms with van der Waals surface area (Å²) in [5.41, 5.74) is 5.25. The van der Waals surface area contributed by atoms with E-state index in [0.717, 1.165) is 0 Å². The van der Waals surface area contributed by atoms with Crippen LogP contribution in [0.15, 0.2) is 0 Å². The fraction of sp³-hybridized carbons (Fsp3) is 0.778. The summed E-state index contributed by atoms with van der Waals surface area (Å²) in [6.07, 6.45) is 1.40. The average molecular weight is 200 g/mol. The predicted molar refractivity (Wildman–Crippen MR) is 50.8 cm³/mol. The molecule has 0 saturated carbocycles. The summed E-state index contributed by atoms with van der Waals surface area (Å²) in [6, 6.07) is -0.481. The summed E-state index contributed by atoms with van der Waals surface area (Å²) in [5.74, 6) is -0.542. The number of ketones is 1. The van der Waals surface area contributed by atoms with E-state index in [1.807, 2.05) is 0 Å². The highest BCUT2D eigenvalue weighted by atomic mass is 16.4. The molecule has 0 radical (unpaired) electrons. The first-order valence-electron chi connectivity index (χ1n) is 4.81. The molecule has 0 aromatic heterocycles. The summed E-state index contributed by atoms with van der Waals surface area (Å²) < 4.78 is 0. The van der Waals surface area contributed by atoms with E-state index in [2.05, 4.69) is 5.32 Å². The lowest BCUT2D eigenvalue weighted by atomic mass is 9.98. The maximum absolute atomic E-state index is 11.2. The third-order valence-electron chi connectivity index (χ3n) is 2.46. The first-order valence-corrected chi connectivity index (χ1v) is 4.81. The highest BCUT2D eigenvalue weighted by Gasteiger charge is 2.29. The molecule has 5 nitrogen and oxygen atoms in total. The van der Waals surface area contributed by atoms with Crippen LogP contribution in [-0.4, -0.2) is 36.0 Å². The van der Waals surface area contributed by atoms with Crippen molar-refractivity contribution in [2.24, 2.45) is 11.7 Å². The normalized spacial score (nSPS) is 26.4. The van der Waals surface area contributed by atoms with Gasteiger partial charge in [0, 0.05) is 12.8 Å². The summed E-state index contributed by atoms with van der Waals surface area (Å²) in [7, 11) is 0. The Kier molecular flexibility index (Phi) is 4.03. The highest BCUT2D eigenvalue weighted by molar-refractivity contribution is 5.79. The van der Waals surface area contributed by atoms with E-state index in [0.29, 0.717) is 32.4 Å². The molecule has 0 amide bonds. The fourth-order valence-electron chi connectivity index (χ4n) is 1.74. The number of nitrogens with two attached hydrogens (primary N) is 1. The zero-order chi connectivity index (χ0) is 10.6. The summed E-state index contributed by atoms with van der Waals surface area (Å²) in [6.45, 7) is 0.995. The molecule has 1 aliphatic heterocycles. The Hall–Kier alpha value is -0.940. The van der Waals surface area contributed by atoms with Crippen LogP contribution >= 0.6 is 0 Å². The first kappa shape index (κ1) is 11.1. The van der Waals surface area contributed by atoms with E-state index in [-0.39, 0.29) is 11.7 Å². The van der Waals surface area contributed by atoms with Gasteiger partial charge in [-0.05, 0) is 25.4 Å². The van der Waals surface area contributed by atoms with Crippen molar-refractivity contribution in [3.63, 3.8) is 0 Å². The maximum Gasteiger partial charge on any atom is 0.320 e. The third kappa shape index (κ3) is 3.08. The van der Waals surface area contributed by atoms with Crippen LogP contribution in [0.5, 0.6) is 0 Å². The monoisotopic (exact) mass is 200 g/mol. The van der Waals surface area contributed by atoms with Crippen LogP contribution in [0.3, 0.4) is 0 Å². The number of carbonyl (C=O) groups is 2. The summed E-state index contributed by atoms with van der Waals surface area (Å²) >= 11 is 0. The van der Waals surface area contributed by atoms with Crippen LogP contribution in [-0.2, 0) is 9.59 Å². The molecule has 1 rings (SSSR count). The van der Waals surface area contributed by atoms with Crippen LogP contribution in [0.4, 0.5) is 0 Å². The average Bonchev–Trinajstić information content (AvgIpc) is 2.53. The second kappa shape index (κ2) is 5.07. The molecule has 0 aliphatic carbocycles. The number of rotatable bonds is 5. The largest absolute Gasteiger partial charge is 0.480 e. The van der Waals surface area contributed by atoms with E-state index in [9.17, 15) is 9.59 Å². The quantitative estimate of drug-likeness (QED) is 0.549. The van der Waals surface area contributed by atoms with Crippen molar-refractivity contribution in [3.8, 4) is 0 Å². The number of nitrogens with one attached hydrogen (secondary N) is 1. The smallest absolute Gasteiger partial charge is 0.320 e. The van der Waals surface area contributed by atoms with Crippen LogP contribution in [0.25, 0.3) is 0 Å². The lowest BCUT2D eigenvalue weighted by Gasteiger charge is -2.06. The van der Waals surface area contributed by atoms with Gasteiger partial charge in [0.15, 0.2) is 0 Å². The molecule has 1 heterocycles. The molecule has 1 fully saturated rings. The Labute approximate surface area is 82.7 Å². The molecule has 0 spiro atoms. The number of carboxylic acids is 1. The zero-order valence-electron chi connectivity index (χ0n) is 8.03.